The molecule has 102 valence electrons. The molecule has 0 spiro atoms. The maximum absolute atomic E-state index is 4.43. The van der Waals surface area contributed by atoms with E-state index in [-0.39, 0.29) is 0 Å². The number of rotatable bonds is 7. The zero-order valence-corrected chi connectivity index (χ0v) is 12.4. The van der Waals surface area contributed by atoms with Crippen molar-refractivity contribution in [2.75, 3.05) is 18.9 Å². The topological polar surface area (TPSA) is 28.2 Å². The normalized spacial score (nSPS) is 10.9. The molecule has 2 rings (SSSR count). The summed E-state index contributed by atoms with van der Waals surface area (Å²) in [6.45, 7) is 5.05. The Hall–Kier alpha value is -1.39. The largest absolute Gasteiger partial charge is 0.370 e. The lowest BCUT2D eigenvalue weighted by molar-refractivity contribution is 0.321. The first kappa shape index (κ1) is 14.0. The van der Waals surface area contributed by atoms with Gasteiger partial charge in [0.2, 0.25) is 0 Å². The van der Waals surface area contributed by atoms with Crippen LogP contribution in [0.5, 0.6) is 0 Å². The van der Waals surface area contributed by atoms with Crippen LogP contribution in [0, 0.1) is 0 Å². The van der Waals surface area contributed by atoms with Crippen LogP contribution in [0.4, 0.5) is 5.82 Å². The lowest BCUT2D eigenvalue weighted by Crippen LogP contribution is -2.16. The number of nitrogens with zero attached hydrogens (tertiary/aromatic N) is 2. The third-order valence-corrected chi connectivity index (χ3v) is 3.70. The van der Waals surface area contributed by atoms with Crippen LogP contribution in [0.3, 0.4) is 0 Å². The lowest BCUT2D eigenvalue weighted by Gasteiger charge is -2.15. The predicted octanol–water partition coefficient (Wildman–Crippen LogP) is 3.60. The minimum atomic E-state index is 0.930. The van der Waals surface area contributed by atoms with Crippen LogP contribution >= 0.6 is 11.3 Å². The van der Waals surface area contributed by atoms with Gasteiger partial charge in [0.1, 0.15) is 5.82 Å². The number of pyridine rings is 1. The minimum absolute atomic E-state index is 0.930. The zero-order chi connectivity index (χ0) is 13.5. The molecule has 0 radical (unpaired) electrons. The van der Waals surface area contributed by atoms with E-state index in [0.717, 1.165) is 31.9 Å². The van der Waals surface area contributed by atoms with Crippen molar-refractivity contribution in [3.63, 3.8) is 0 Å². The molecule has 2 aromatic rings. The average Bonchev–Trinajstić information content (AvgIpc) is 2.90. The first-order chi connectivity index (χ1) is 9.28. The number of thiophene rings is 1. The standard InChI is InChI=1S/C15H21N3S/c1-3-8-16-15-7-6-13(10-17-15)11-18(2)12-14-5-4-9-19-14/h4-7,9-10H,3,8,11-12H2,1-2H3,(H,16,17). The van der Waals surface area contributed by atoms with Crippen LogP contribution in [0.2, 0.25) is 0 Å². The molecule has 0 aliphatic rings. The monoisotopic (exact) mass is 275 g/mol. The van der Waals surface area contributed by atoms with E-state index in [1.807, 2.05) is 6.20 Å². The lowest BCUT2D eigenvalue weighted by atomic mass is 10.2. The number of aromatic nitrogens is 1. The molecule has 0 aliphatic carbocycles. The van der Waals surface area contributed by atoms with E-state index in [2.05, 4.69) is 58.8 Å². The van der Waals surface area contributed by atoms with Gasteiger partial charge in [-0.05, 0) is 36.5 Å². The van der Waals surface area contributed by atoms with Crippen LogP contribution < -0.4 is 5.32 Å². The molecule has 2 aromatic heterocycles. The molecule has 0 amide bonds. The van der Waals surface area contributed by atoms with Crippen LogP contribution in [0.1, 0.15) is 23.8 Å². The Morgan fingerprint density at radius 3 is 2.79 bits per heavy atom. The van der Waals surface area contributed by atoms with E-state index in [9.17, 15) is 0 Å². The molecule has 0 atom stereocenters. The second kappa shape index (κ2) is 7.26. The number of anilines is 1. The number of nitrogens with one attached hydrogen (secondary N) is 1. The van der Waals surface area contributed by atoms with Gasteiger partial charge in [-0.1, -0.05) is 19.1 Å². The molecule has 0 unspecified atom stereocenters. The summed E-state index contributed by atoms with van der Waals surface area (Å²) in [5.74, 6) is 0.964. The third-order valence-electron chi connectivity index (χ3n) is 2.84. The van der Waals surface area contributed by atoms with Gasteiger partial charge >= 0.3 is 0 Å². The minimum Gasteiger partial charge on any atom is -0.370 e. The molecule has 19 heavy (non-hydrogen) atoms. The second-order valence-electron chi connectivity index (χ2n) is 4.73. The quantitative estimate of drug-likeness (QED) is 0.837. The summed E-state index contributed by atoms with van der Waals surface area (Å²) in [7, 11) is 2.14. The van der Waals surface area contributed by atoms with E-state index < -0.39 is 0 Å². The van der Waals surface area contributed by atoms with Gasteiger partial charge in [0.05, 0.1) is 0 Å². The number of hydrogen-bond donors (Lipinski definition) is 1. The van der Waals surface area contributed by atoms with Gasteiger partial charge in [0.25, 0.3) is 0 Å². The van der Waals surface area contributed by atoms with Gasteiger partial charge in [-0.2, -0.15) is 0 Å². The summed E-state index contributed by atoms with van der Waals surface area (Å²) in [5, 5.41) is 5.41. The Kier molecular flexibility index (Phi) is 5.36. The molecule has 0 fully saturated rings. The van der Waals surface area contributed by atoms with Gasteiger partial charge in [-0.15, -0.1) is 11.3 Å². The molecule has 0 aliphatic heterocycles. The zero-order valence-electron chi connectivity index (χ0n) is 11.6. The van der Waals surface area contributed by atoms with Gasteiger partial charge in [-0.25, -0.2) is 4.98 Å². The molecule has 0 aromatic carbocycles. The molecule has 3 nitrogen and oxygen atoms in total. The summed E-state index contributed by atoms with van der Waals surface area (Å²) >= 11 is 1.81. The van der Waals surface area contributed by atoms with Crippen molar-refractivity contribution in [1.82, 2.24) is 9.88 Å². The highest BCUT2D eigenvalue weighted by Gasteiger charge is 2.03. The van der Waals surface area contributed by atoms with Crippen molar-refractivity contribution < 1.29 is 0 Å². The predicted molar refractivity (Wildman–Crippen MR) is 82.5 cm³/mol. The number of hydrogen-bond acceptors (Lipinski definition) is 4. The Balaban J connectivity index is 1.84. The van der Waals surface area contributed by atoms with Crippen LogP contribution in [0.15, 0.2) is 35.8 Å². The highest BCUT2D eigenvalue weighted by molar-refractivity contribution is 7.09. The first-order valence-electron chi connectivity index (χ1n) is 6.67. The molecular weight excluding hydrogens is 254 g/mol. The maximum atomic E-state index is 4.43. The van der Waals surface area contributed by atoms with Crippen LogP contribution in [-0.2, 0) is 13.1 Å². The molecule has 0 saturated carbocycles. The Morgan fingerprint density at radius 2 is 2.16 bits per heavy atom. The Labute approximate surface area is 119 Å². The average molecular weight is 275 g/mol. The summed E-state index contributed by atoms with van der Waals surface area (Å²) in [6.07, 6.45) is 3.08. The van der Waals surface area contributed by atoms with Crippen LogP contribution in [0.25, 0.3) is 0 Å². The van der Waals surface area contributed by atoms with E-state index in [1.165, 1.54) is 10.4 Å². The fraction of sp³-hybridized carbons (Fsp3) is 0.400. The van der Waals surface area contributed by atoms with Crippen molar-refractivity contribution in [3.05, 3.63) is 46.3 Å². The van der Waals surface area contributed by atoms with Crippen molar-refractivity contribution >= 4 is 17.2 Å². The van der Waals surface area contributed by atoms with Crippen LogP contribution in [-0.4, -0.2) is 23.5 Å². The third kappa shape index (κ3) is 4.65. The van der Waals surface area contributed by atoms with Crippen molar-refractivity contribution in [2.24, 2.45) is 0 Å². The molecule has 1 N–H and O–H groups in total. The van der Waals surface area contributed by atoms with Crippen molar-refractivity contribution in [3.8, 4) is 0 Å². The highest BCUT2D eigenvalue weighted by atomic mass is 32.1. The fourth-order valence-electron chi connectivity index (χ4n) is 1.91. The van der Waals surface area contributed by atoms with E-state index in [0.29, 0.717) is 0 Å². The Morgan fingerprint density at radius 1 is 1.26 bits per heavy atom. The van der Waals surface area contributed by atoms with Crippen molar-refractivity contribution in [1.29, 1.82) is 0 Å². The first-order valence-corrected chi connectivity index (χ1v) is 7.55. The molecule has 2 heterocycles. The maximum Gasteiger partial charge on any atom is 0.125 e. The molecule has 4 heteroatoms. The summed E-state index contributed by atoms with van der Waals surface area (Å²) in [4.78, 5) is 8.14. The summed E-state index contributed by atoms with van der Waals surface area (Å²) in [6, 6.07) is 8.49. The van der Waals surface area contributed by atoms with E-state index in [4.69, 9.17) is 0 Å². The van der Waals surface area contributed by atoms with E-state index in [1.54, 1.807) is 11.3 Å². The molecule has 0 bridgehead atoms. The van der Waals surface area contributed by atoms with Gasteiger partial charge in [-0.3, -0.25) is 4.90 Å². The van der Waals surface area contributed by atoms with Gasteiger partial charge < -0.3 is 5.32 Å². The molecule has 0 saturated heterocycles. The smallest absolute Gasteiger partial charge is 0.125 e. The summed E-state index contributed by atoms with van der Waals surface area (Å²) in [5.41, 5.74) is 1.25. The second-order valence-corrected chi connectivity index (χ2v) is 5.76. The van der Waals surface area contributed by atoms with E-state index >= 15 is 0 Å². The SMILES string of the molecule is CCCNc1ccc(CN(C)Cc2cccs2)cn1. The molecular formula is C15H21N3S. The Bertz CT molecular complexity index is 465. The van der Waals surface area contributed by atoms with Gasteiger partial charge in [0.15, 0.2) is 0 Å². The van der Waals surface area contributed by atoms with Gasteiger partial charge in [0, 0.05) is 30.7 Å². The highest BCUT2D eigenvalue weighted by Crippen LogP contribution is 2.13. The summed E-state index contributed by atoms with van der Waals surface area (Å²) < 4.78 is 0. The van der Waals surface area contributed by atoms with Crippen molar-refractivity contribution in [2.45, 2.75) is 26.4 Å². The fourth-order valence-corrected chi connectivity index (χ4v) is 2.70.